The molecule has 2 atom stereocenters. The van der Waals surface area contributed by atoms with Crippen molar-refractivity contribution in [3.8, 4) is 0 Å². The predicted molar refractivity (Wildman–Crippen MR) is 175 cm³/mol. The Hall–Kier alpha value is -3.13. The molecule has 0 spiro atoms. The first-order valence-corrected chi connectivity index (χ1v) is 17.2. The molecule has 44 heavy (non-hydrogen) atoms. The second-order valence-corrected chi connectivity index (χ2v) is 13.5. The number of likely N-dealkylation sites (tertiary alicyclic amines) is 1. The Morgan fingerprint density at radius 3 is 2.66 bits per heavy atom. The number of ether oxygens (including phenoxy) is 1. The number of nitrogens with zero attached hydrogens (tertiary/aromatic N) is 4. The zero-order valence-electron chi connectivity index (χ0n) is 26.6. The van der Waals surface area contributed by atoms with Gasteiger partial charge in [-0.3, -0.25) is 9.59 Å². The van der Waals surface area contributed by atoms with E-state index in [9.17, 15) is 9.59 Å². The van der Waals surface area contributed by atoms with Gasteiger partial charge in [0.25, 0.3) is 0 Å². The first-order valence-electron chi connectivity index (χ1n) is 17.2. The highest BCUT2D eigenvalue weighted by atomic mass is 16.5. The molecule has 1 aromatic heterocycles. The molecule has 6 rings (SSSR count). The maximum atomic E-state index is 13.1. The molecule has 238 valence electrons. The van der Waals surface area contributed by atoms with Crippen LogP contribution in [0.1, 0.15) is 80.5 Å². The van der Waals surface area contributed by atoms with Crippen LogP contribution >= 0.6 is 0 Å². The van der Waals surface area contributed by atoms with Gasteiger partial charge < -0.3 is 24.8 Å². The van der Waals surface area contributed by atoms with Crippen LogP contribution in [0.3, 0.4) is 0 Å². The summed E-state index contributed by atoms with van der Waals surface area (Å²) in [6, 6.07) is 13.2. The lowest BCUT2D eigenvalue weighted by Gasteiger charge is -2.38. The first kappa shape index (κ1) is 30.9. The number of benzene rings is 1. The predicted octanol–water partition coefficient (Wildman–Crippen LogP) is 5.27. The molecule has 4 aliphatic rings. The molecule has 4 heterocycles. The van der Waals surface area contributed by atoms with Crippen molar-refractivity contribution in [1.29, 1.82) is 0 Å². The summed E-state index contributed by atoms with van der Waals surface area (Å²) in [6.07, 6.45) is 11.8. The number of pyridine rings is 1. The molecule has 1 aromatic carbocycles. The van der Waals surface area contributed by atoms with E-state index < -0.39 is 0 Å². The Bertz CT molecular complexity index is 1270. The smallest absolute Gasteiger partial charge is 0.306 e. The van der Waals surface area contributed by atoms with Crippen LogP contribution in [0.25, 0.3) is 0 Å². The van der Waals surface area contributed by atoms with Gasteiger partial charge in [-0.05, 0) is 86.7 Å². The van der Waals surface area contributed by atoms with Crippen LogP contribution < -0.4 is 10.2 Å². The van der Waals surface area contributed by atoms with Crippen LogP contribution in [0.2, 0.25) is 0 Å². The molecule has 1 aliphatic carbocycles. The maximum Gasteiger partial charge on any atom is 0.306 e. The molecule has 0 bridgehead atoms. The van der Waals surface area contributed by atoms with E-state index in [4.69, 9.17) is 9.72 Å². The van der Waals surface area contributed by atoms with Crippen molar-refractivity contribution in [2.24, 2.45) is 11.8 Å². The summed E-state index contributed by atoms with van der Waals surface area (Å²) in [4.78, 5) is 37.5. The molecule has 1 N–H and O–H groups in total. The summed E-state index contributed by atoms with van der Waals surface area (Å²) in [5.74, 6) is 2.28. The van der Waals surface area contributed by atoms with Gasteiger partial charge in [-0.2, -0.15) is 0 Å². The second kappa shape index (κ2) is 14.8. The number of carbonyl (C=O) groups excluding carboxylic acids is 2. The minimum atomic E-state index is -0.155. The minimum Gasteiger partial charge on any atom is -0.469 e. The molecule has 1 saturated carbocycles. The fraction of sp³-hybridized carbons (Fsp3) is 0.639. The van der Waals surface area contributed by atoms with E-state index in [0.717, 1.165) is 90.3 Å². The van der Waals surface area contributed by atoms with Crippen molar-refractivity contribution in [2.75, 3.05) is 69.7 Å². The van der Waals surface area contributed by atoms with Gasteiger partial charge >= 0.3 is 5.97 Å². The third-order valence-electron chi connectivity index (χ3n) is 10.5. The van der Waals surface area contributed by atoms with Crippen molar-refractivity contribution in [2.45, 2.75) is 76.5 Å². The Labute approximate surface area is 263 Å². The monoisotopic (exact) mass is 601 g/mol. The molecular weight excluding hydrogens is 550 g/mol. The van der Waals surface area contributed by atoms with Gasteiger partial charge in [0.05, 0.1) is 13.5 Å². The van der Waals surface area contributed by atoms with Crippen molar-refractivity contribution in [3.05, 3.63) is 53.2 Å². The average Bonchev–Trinajstić information content (AvgIpc) is 3.54. The third kappa shape index (κ3) is 7.74. The standard InChI is InChI=1S/C36H51N5O3/c1-44-34(42)24-31(26-39-18-16-27(25-39)12-14-32-15-13-28-10-6-17-37-35(28)38-32)30-9-5-11-33(23-30)40-19-21-41(22-20-40)36(43)29-7-3-2-4-8-29/h5,9,11,13,15,23,27,29,31H,2-4,6-8,10,12,14,16-22,24-26H2,1H3,(H,37,38). The molecule has 8 nitrogen and oxygen atoms in total. The summed E-state index contributed by atoms with van der Waals surface area (Å²) in [5.41, 5.74) is 4.92. The summed E-state index contributed by atoms with van der Waals surface area (Å²) < 4.78 is 5.13. The molecule has 2 saturated heterocycles. The Balaban J connectivity index is 1.04. The largest absolute Gasteiger partial charge is 0.469 e. The molecule has 8 heteroatoms. The lowest BCUT2D eigenvalue weighted by molar-refractivity contribution is -0.141. The number of carbonyl (C=O) groups is 2. The molecule has 0 radical (unpaired) electrons. The zero-order chi connectivity index (χ0) is 30.3. The fourth-order valence-corrected chi connectivity index (χ4v) is 7.83. The van der Waals surface area contributed by atoms with Gasteiger partial charge in [0, 0.05) is 69.0 Å². The number of amides is 1. The van der Waals surface area contributed by atoms with Crippen molar-refractivity contribution in [3.63, 3.8) is 0 Å². The van der Waals surface area contributed by atoms with Gasteiger partial charge in [-0.15, -0.1) is 0 Å². The van der Waals surface area contributed by atoms with Crippen LogP contribution in [0.15, 0.2) is 36.4 Å². The fourth-order valence-electron chi connectivity index (χ4n) is 7.83. The van der Waals surface area contributed by atoms with E-state index >= 15 is 0 Å². The van der Waals surface area contributed by atoms with Crippen LogP contribution in [-0.2, 0) is 27.2 Å². The van der Waals surface area contributed by atoms with E-state index in [0.29, 0.717) is 18.2 Å². The summed E-state index contributed by atoms with van der Waals surface area (Å²) in [5, 5.41) is 3.46. The van der Waals surface area contributed by atoms with E-state index in [2.05, 4.69) is 56.4 Å². The first-order chi connectivity index (χ1) is 21.6. The molecule has 3 fully saturated rings. The Morgan fingerprint density at radius 1 is 1.00 bits per heavy atom. The topological polar surface area (TPSA) is 78.0 Å². The number of anilines is 2. The van der Waals surface area contributed by atoms with Gasteiger partial charge in [0.15, 0.2) is 0 Å². The third-order valence-corrected chi connectivity index (χ3v) is 10.5. The summed E-state index contributed by atoms with van der Waals surface area (Å²) in [7, 11) is 1.49. The van der Waals surface area contributed by atoms with Crippen LogP contribution in [0.5, 0.6) is 0 Å². The Morgan fingerprint density at radius 2 is 1.84 bits per heavy atom. The molecule has 1 amide bonds. The van der Waals surface area contributed by atoms with Crippen LogP contribution in [0.4, 0.5) is 11.5 Å². The summed E-state index contributed by atoms with van der Waals surface area (Å²) in [6.45, 7) is 7.30. The number of rotatable bonds is 10. The normalized spacial score (nSPS) is 21.9. The van der Waals surface area contributed by atoms with E-state index in [1.54, 1.807) is 0 Å². The number of piperazine rings is 1. The highest BCUT2D eigenvalue weighted by Crippen LogP contribution is 2.31. The van der Waals surface area contributed by atoms with Crippen molar-refractivity contribution in [1.82, 2.24) is 14.8 Å². The lowest BCUT2D eigenvalue weighted by Crippen LogP contribution is -2.50. The molecule has 2 aromatic rings. The molecular formula is C36H51N5O3. The lowest BCUT2D eigenvalue weighted by atomic mass is 9.88. The Kier molecular flexibility index (Phi) is 10.4. The molecule has 2 unspecified atom stereocenters. The van der Waals surface area contributed by atoms with Gasteiger partial charge in [-0.25, -0.2) is 4.98 Å². The second-order valence-electron chi connectivity index (χ2n) is 13.5. The van der Waals surface area contributed by atoms with Crippen LogP contribution in [0, 0.1) is 11.8 Å². The number of nitrogens with one attached hydrogen (secondary N) is 1. The van der Waals surface area contributed by atoms with Crippen molar-refractivity contribution >= 4 is 23.4 Å². The van der Waals surface area contributed by atoms with Gasteiger partial charge in [0.2, 0.25) is 5.91 Å². The SMILES string of the molecule is COC(=O)CC(CN1CCC(CCc2ccc3c(n2)NCCC3)C1)c1cccc(N2CCN(C(=O)C3CCCCC3)CC2)c1. The van der Waals surface area contributed by atoms with Gasteiger partial charge in [0.1, 0.15) is 5.82 Å². The highest BCUT2D eigenvalue weighted by molar-refractivity contribution is 5.79. The van der Waals surface area contributed by atoms with Crippen molar-refractivity contribution < 1.29 is 14.3 Å². The zero-order valence-corrected chi connectivity index (χ0v) is 26.6. The molecule has 3 aliphatic heterocycles. The number of hydrogen-bond donors (Lipinski definition) is 1. The number of hydrogen-bond acceptors (Lipinski definition) is 7. The number of esters is 1. The minimum absolute atomic E-state index is 0.0868. The number of aromatic nitrogens is 1. The summed E-state index contributed by atoms with van der Waals surface area (Å²) >= 11 is 0. The van der Waals surface area contributed by atoms with Crippen LogP contribution in [-0.4, -0.2) is 86.1 Å². The maximum absolute atomic E-state index is 13.1. The quantitative estimate of drug-likeness (QED) is 0.372. The van der Waals surface area contributed by atoms with E-state index in [-0.39, 0.29) is 17.8 Å². The number of aryl methyl sites for hydroxylation is 2. The van der Waals surface area contributed by atoms with E-state index in [1.807, 2.05) is 0 Å². The van der Waals surface area contributed by atoms with Gasteiger partial charge in [-0.1, -0.05) is 37.5 Å². The number of fused-ring (bicyclic) bond motifs is 1. The average molecular weight is 602 g/mol. The van der Waals surface area contributed by atoms with E-state index in [1.165, 1.54) is 61.7 Å². The highest BCUT2D eigenvalue weighted by Gasteiger charge is 2.30. The number of methoxy groups -OCH3 is 1.